The third-order valence-corrected chi connectivity index (χ3v) is 1.74. The molecule has 0 heterocycles. The maximum absolute atomic E-state index is 10.7. The fourth-order valence-electron chi connectivity index (χ4n) is 0.758. The van der Waals surface area contributed by atoms with E-state index in [0.717, 1.165) is 6.08 Å². The predicted octanol–water partition coefficient (Wildman–Crippen LogP) is -0.515. The van der Waals surface area contributed by atoms with Gasteiger partial charge in [0.25, 0.3) is 0 Å². The number of hydrogen-bond acceptors (Lipinski definition) is 5. The molecule has 0 radical (unpaired) electrons. The Balaban J connectivity index is 3.69. The normalized spacial score (nSPS) is 13.0. The maximum atomic E-state index is 10.7. The van der Waals surface area contributed by atoms with E-state index in [1.165, 1.54) is 0 Å². The second-order valence-electron chi connectivity index (χ2n) is 3.18. The molecule has 0 aliphatic carbocycles. The van der Waals surface area contributed by atoms with E-state index >= 15 is 0 Å². The third kappa shape index (κ3) is 5.69. The number of hydrazine groups is 1. The lowest BCUT2D eigenvalue weighted by Crippen LogP contribution is -2.40. The fraction of sp³-hybridized carbons (Fsp3) is 0.667. The fourth-order valence-corrected chi connectivity index (χ4v) is 0.758. The maximum Gasteiger partial charge on any atom is 0.330 e. The molecule has 82 valence electrons. The summed E-state index contributed by atoms with van der Waals surface area (Å²) in [4.78, 5) is 10.7. The summed E-state index contributed by atoms with van der Waals surface area (Å²) in [6.07, 6.45) is 0.383. The van der Waals surface area contributed by atoms with Crippen LogP contribution < -0.4 is 0 Å². The summed E-state index contributed by atoms with van der Waals surface area (Å²) in [7, 11) is 5.56. The van der Waals surface area contributed by atoms with Crippen LogP contribution >= 0.6 is 0 Å². The molecule has 1 unspecified atom stereocenters. The molecule has 0 spiro atoms. The van der Waals surface area contributed by atoms with E-state index in [2.05, 4.69) is 11.3 Å². The summed E-state index contributed by atoms with van der Waals surface area (Å²) >= 11 is 0. The average Bonchev–Trinajstić information content (AvgIpc) is 2.13. The van der Waals surface area contributed by atoms with Gasteiger partial charge in [-0.05, 0) is 0 Å². The van der Waals surface area contributed by atoms with Crippen LogP contribution in [0.2, 0.25) is 0 Å². The first-order valence-corrected chi connectivity index (χ1v) is 4.33. The number of carbonyl (C=O) groups is 1. The Morgan fingerprint density at radius 2 is 2.14 bits per heavy atom. The molecule has 5 nitrogen and oxygen atoms in total. The van der Waals surface area contributed by atoms with Gasteiger partial charge in [-0.25, -0.2) is 14.8 Å². The summed E-state index contributed by atoms with van der Waals surface area (Å²) in [5.74, 6) is -0.517. The highest BCUT2D eigenvalue weighted by Crippen LogP contribution is 1.93. The Morgan fingerprint density at radius 3 is 2.57 bits per heavy atom. The summed E-state index contributed by atoms with van der Waals surface area (Å²) in [5.41, 5.74) is 0. The van der Waals surface area contributed by atoms with Gasteiger partial charge in [0.2, 0.25) is 0 Å². The van der Waals surface area contributed by atoms with Crippen molar-refractivity contribution in [2.75, 3.05) is 34.3 Å². The predicted molar refractivity (Wildman–Crippen MR) is 53.5 cm³/mol. The van der Waals surface area contributed by atoms with E-state index < -0.39 is 12.1 Å². The lowest BCUT2D eigenvalue weighted by Gasteiger charge is -2.26. The second-order valence-corrected chi connectivity index (χ2v) is 3.18. The Kier molecular flexibility index (Phi) is 6.11. The SMILES string of the molecule is C=CC(=O)OCC(O)CN(C)N(C)C. The number of rotatable bonds is 6. The molecule has 0 aromatic carbocycles. The summed E-state index contributed by atoms with van der Waals surface area (Å²) < 4.78 is 4.68. The number of nitrogens with zero attached hydrogens (tertiary/aromatic N) is 2. The van der Waals surface area contributed by atoms with Crippen LogP contribution in [-0.2, 0) is 9.53 Å². The standard InChI is InChI=1S/C9H18N2O3/c1-5-9(13)14-7-8(12)6-11(4)10(2)3/h5,8,12H,1,6-7H2,2-4H3. The van der Waals surface area contributed by atoms with Gasteiger partial charge in [-0.3, -0.25) is 0 Å². The van der Waals surface area contributed by atoms with Crippen LogP contribution in [0.5, 0.6) is 0 Å². The zero-order valence-electron chi connectivity index (χ0n) is 8.93. The summed E-state index contributed by atoms with van der Waals surface area (Å²) in [6.45, 7) is 3.66. The van der Waals surface area contributed by atoms with Crippen molar-refractivity contribution in [2.24, 2.45) is 0 Å². The Labute approximate surface area is 84.5 Å². The van der Waals surface area contributed by atoms with E-state index in [1.807, 2.05) is 31.2 Å². The minimum atomic E-state index is -0.689. The van der Waals surface area contributed by atoms with Gasteiger partial charge in [0, 0.05) is 33.8 Å². The van der Waals surface area contributed by atoms with E-state index in [4.69, 9.17) is 0 Å². The van der Waals surface area contributed by atoms with E-state index in [9.17, 15) is 9.90 Å². The third-order valence-electron chi connectivity index (χ3n) is 1.74. The van der Waals surface area contributed by atoms with Gasteiger partial charge >= 0.3 is 5.97 Å². The molecule has 0 saturated heterocycles. The molecule has 0 fully saturated rings. The molecular weight excluding hydrogens is 184 g/mol. The molecule has 0 bridgehead atoms. The quantitative estimate of drug-likeness (QED) is 0.357. The highest BCUT2D eigenvalue weighted by atomic mass is 16.5. The minimum Gasteiger partial charge on any atom is -0.460 e. The van der Waals surface area contributed by atoms with E-state index in [0.29, 0.717) is 6.54 Å². The second kappa shape index (κ2) is 6.53. The Hall–Kier alpha value is -0.910. The largest absolute Gasteiger partial charge is 0.460 e. The van der Waals surface area contributed by atoms with Gasteiger partial charge in [0.05, 0.1) is 0 Å². The number of hydrogen-bond donors (Lipinski definition) is 1. The topological polar surface area (TPSA) is 53.0 Å². The molecule has 0 amide bonds. The van der Waals surface area contributed by atoms with Crippen molar-refractivity contribution in [3.63, 3.8) is 0 Å². The van der Waals surface area contributed by atoms with Crippen LogP contribution in [0.15, 0.2) is 12.7 Å². The first kappa shape index (κ1) is 13.1. The smallest absolute Gasteiger partial charge is 0.330 e. The molecular formula is C9H18N2O3. The van der Waals surface area contributed by atoms with Crippen molar-refractivity contribution in [3.8, 4) is 0 Å². The zero-order valence-corrected chi connectivity index (χ0v) is 8.93. The number of aliphatic hydroxyl groups is 1. The monoisotopic (exact) mass is 202 g/mol. The minimum absolute atomic E-state index is 0.0109. The average molecular weight is 202 g/mol. The zero-order chi connectivity index (χ0) is 11.1. The summed E-state index contributed by atoms with van der Waals surface area (Å²) in [6, 6.07) is 0. The van der Waals surface area contributed by atoms with Gasteiger partial charge in [0.15, 0.2) is 0 Å². The molecule has 1 atom stereocenters. The molecule has 0 aromatic rings. The molecule has 0 saturated carbocycles. The molecule has 1 N–H and O–H groups in total. The molecule has 0 aliphatic heterocycles. The molecule has 0 rings (SSSR count). The van der Waals surface area contributed by atoms with Gasteiger partial charge in [0.1, 0.15) is 12.7 Å². The van der Waals surface area contributed by atoms with Gasteiger partial charge in [-0.1, -0.05) is 6.58 Å². The van der Waals surface area contributed by atoms with Crippen molar-refractivity contribution in [1.82, 2.24) is 10.0 Å². The van der Waals surface area contributed by atoms with Crippen molar-refractivity contribution in [2.45, 2.75) is 6.10 Å². The molecule has 5 heteroatoms. The van der Waals surface area contributed by atoms with Crippen LogP contribution in [0, 0.1) is 0 Å². The lowest BCUT2D eigenvalue weighted by atomic mass is 10.4. The highest BCUT2D eigenvalue weighted by molar-refractivity contribution is 5.81. The first-order chi connectivity index (χ1) is 6.47. The van der Waals surface area contributed by atoms with Crippen molar-refractivity contribution < 1.29 is 14.6 Å². The number of esters is 1. The van der Waals surface area contributed by atoms with Gasteiger partial charge in [-0.15, -0.1) is 0 Å². The van der Waals surface area contributed by atoms with Gasteiger partial charge in [-0.2, -0.15) is 0 Å². The van der Waals surface area contributed by atoms with Crippen LogP contribution in [0.25, 0.3) is 0 Å². The molecule has 0 aliphatic rings. The van der Waals surface area contributed by atoms with Crippen molar-refractivity contribution >= 4 is 5.97 Å². The van der Waals surface area contributed by atoms with E-state index in [-0.39, 0.29) is 6.61 Å². The lowest BCUT2D eigenvalue weighted by molar-refractivity contribution is -0.141. The van der Waals surface area contributed by atoms with E-state index in [1.54, 1.807) is 0 Å². The molecule has 14 heavy (non-hydrogen) atoms. The Morgan fingerprint density at radius 1 is 1.57 bits per heavy atom. The van der Waals surface area contributed by atoms with Crippen LogP contribution in [0.1, 0.15) is 0 Å². The van der Waals surface area contributed by atoms with Gasteiger partial charge < -0.3 is 9.84 Å². The number of ether oxygens (including phenoxy) is 1. The van der Waals surface area contributed by atoms with Crippen LogP contribution in [-0.4, -0.2) is 61.5 Å². The number of aliphatic hydroxyl groups excluding tert-OH is 1. The van der Waals surface area contributed by atoms with Crippen molar-refractivity contribution in [1.29, 1.82) is 0 Å². The highest BCUT2D eigenvalue weighted by Gasteiger charge is 2.10. The van der Waals surface area contributed by atoms with Crippen molar-refractivity contribution in [3.05, 3.63) is 12.7 Å². The summed E-state index contributed by atoms with van der Waals surface area (Å²) in [5, 5.41) is 13.1. The number of carbonyl (C=O) groups excluding carboxylic acids is 1. The first-order valence-electron chi connectivity index (χ1n) is 4.33. The number of likely N-dealkylation sites (N-methyl/N-ethyl adjacent to an activating group) is 1. The van der Waals surface area contributed by atoms with Crippen LogP contribution in [0.4, 0.5) is 0 Å². The Bertz CT molecular complexity index is 194. The van der Waals surface area contributed by atoms with Crippen LogP contribution in [0.3, 0.4) is 0 Å². The molecule has 0 aromatic heterocycles.